The van der Waals surface area contributed by atoms with E-state index in [1.807, 2.05) is 38.1 Å². The van der Waals surface area contributed by atoms with Crippen LogP contribution in [0.2, 0.25) is 5.02 Å². The van der Waals surface area contributed by atoms with Crippen molar-refractivity contribution in [1.29, 1.82) is 0 Å². The normalized spacial score (nSPS) is 12.6. The molecule has 0 fully saturated rings. The molecule has 0 heterocycles. The third-order valence-corrected chi connectivity index (χ3v) is 3.76. The fourth-order valence-electron chi connectivity index (χ4n) is 1.90. The molecule has 0 spiro atoms. The van der Waals surface area contributed by atoms with Crippen molar-refractivity contribution in [2.24, 2.45) is 0 Å². The molecule has 1 rings (SSSR count). The number of benzene rings is 1. The summed E-state index contributed by atoms with van der Waals surface area (Å²) in [7, 11) is -3.86. The molecule has 0 aliphatic carbocycles. The van der Waals surface area contributed by atoms with Crippen LogP contribution < -0.4 is 5.32 Å². The largest absolute Gasteiger partial charge is 0.311 e. The van der Waals surface area contributed by atoms with E-state index in [1.54, 1.807) is 0 Å². The van der Waals surface area contributed by atoms with Gasteiger partial charge in [-0.1, -0.05) is 23.7 Å². The van der Waals surface area contributed by atoms with Gasteiger partial charge in [0.25, 0.3) is 10.1 Å². The van der Waals surface area contributed by atoms with Crippen molar-refractivity contribution in [3.05, 3.63) is 34.9 Å². The molecule has 0 aromatic heterocycles. The SMILES string of the molecule is CC(C)(Cc1cccc(Cl)c1)NCCCS(=O)(=O)O. The molecule has 0 saturated heterocycles. The molecule has 108 valence electrons. The Morgan fingerprint density at radius 2 is 2.05 bits per heavy atom. The lowest BCUT2D eigenvalue weighted by atomic mass is 9.95. The molecule has 0 radical (unpaired) electrons. The standard InChI is InChI=1S/C13H20ClNO3S/c1-13(2,15-7-4-8-19(16,17)18)10-11-5-3-6-12(14)9-11/h3,5-6,9,15H,4,7-8,10H2,1-2H3,(H,16,17,18). The maximum absolute atomic E-state index is 10.6. The molecule has 0 aliphatic rings. The van der Waals surface area contributed by atoms with Crippen molar-refractivity contribution >= 4 is 21.7 Å². The van der Waals surface area contributed by atoms with Gasteiger partial charge in [0.1, 0.15) is 0 Å². The predicted octanol–water partition coefficient (Wildman–Crippen LogP) is 2.53. The van der Waals surface area contributed by atoms with Gasteiger partial charge in [-0.15, -0.1) is 0 Å². The lowest BCUT2D eigenvalue weighted by molar-refractivity contribution is 0.385. The lowest BCUT2D eigenvalue weighted by Gasteiger charge is -2.26. The van der Waals surface area contributed by atoms with Crippen LogP contribution in [0.4, 0.5) is 0 Å². The molecule has 0 amide bonds. The van der Waals surface area contributed by atoms with E-state index in [-0.39, 0.29) is 11.3 Å². The smallest absolute Gasteiger partial charge is 0.264 e. The van der Waals surface area contributed by atoms with Crippen molar-refractivity contribution in [3.8, 4) is 0 Å². The van der Waals surface area contributed by atoms with Gasteiger partial charge in [0.2, 0.25) is 0 Å². The fraction of sp³-hybridized carbons (Fsp3) is 0.538. The summed E-state index contributed by atoms with van der Waals surface area (Å²) in [5, 5.41) is 3.99. The molecule has 1 aromatic carbocycles. The summed E-state index contributed by atoms with van der Waals surface area (Å²) in [5.41, 5.74) is 0.962. The molecule has 6 heteroatoms. The first kappa shape index (κ1) is 16.4. The Kier molecular flexibility index (Phi) is 5.80. The van der Waals surface area contributed by atoms with Crippen molar-refractivity contribution in [1.82, 2.24) is 5.32 Å². The minimum absolute atomic E-state index is 0.163. The number of hydrogen-bond donors (Lipinski definition) is 2. The van der Waals surface area contributed by atoms with Gasteiger partial charge in [-0.3, -0.25) is 4.55 Å². The van der Waals surface area contributed by atoms with E-state index in [4.69, 9.17) is 16.2 Å². The average molecular weight is 306 g/mol. The van der Waals surface area contributed by atoms with Crippen LogP contribution in [0.15, 0.2) is 24.3 Å². The Hall–Kier alpha value is -0.620. The van der Waals surface area contributed by atoms with Crippen LogP contribution in [0.5, 0.6) is 0 Å². The topological polar surface area (TPSA) is 66.4 Å². The van der Waals surface area contributed by atoms with Crippen molar-refractivity contribution in [2.75, 3.05) is 12.3 Å². The Labute approximate surface area is 119 Å². The quantitative estimate of drug-likeness (QED) is 0.600. The molecular formula is C13H20ClNO3S. The summed E-state index contributed by atoms with van der Waals surface area (Å²) in [6.45, 7) is 4.62. The Morgan fingerprint density at radius 1 is 1.37 bits per heavy atom. The molecular weight excluding hydrogens is 286 g/mol. The summed E-state index contributed by atoms with van der Waals surface area (Å²) >= 11 is 5.94. The minimum Gasteiger partial charge on any atom is -0.311 e. The van der Waals surface area contributed by atoms with Gasteiger partial charge in [0.15, 0.2) is 0 Å². The number of rotatable bonds is 7. The third kappa shape index (κ3) is 7.52. The highest BCUT2D eigenvalue weighted by molar-refractivity contribution is 7.85. The monoisotopic (exact) mass is 305 g/mol. The summed E-state index contributed by atoms with van der Waals surface area (Å²) in [4.78, 5) is 0. The first-order chi connectivity index (χ1) is 8.68. The van der Waals surface area contributed by atoms with Crippen LogP contribution in [0.1, 0.15) is 25.8 Å². The van der Waals surface area contributed by atoms with Crippen LogP contribution in [0.3, 0.4) is 0 Å². The predicted molar refractivity (Wildman–Crippen MR) is 78.3 cm³/mol. The number of halogens is 1. The van der Waals surface area contributed by atoms with Crippen LogP contribution >= 0.6 is 11.6 Å². The number of nitrogens with one attached hydrogen (secondary N) is 1. The second-order valence-corrected chi connectivity index (χ2v) is 7.27. The molecule has 4 nitrogen and oxygen atoms in total. The highest BCUT2D eigenvalue weighted by atomic mass is 35.5. The van der Waals surface area contributed by atoms with Crippen LogP contribution in [0.25, 0.3) is 0 Å². The van der Waals surface area contributed by atoms with E-state index < -0.39 is 10.1 Å². The second kappa shape index (κ2) is 6.70. The molecule has 0 atom stereocenters. The molecule has 2 N–H and O–H groups in total. The van der Waals surface area contributed by atoms with Gasteiger partial charge in [-0.05, 0) is 50.9 Å². The Morgan fingerprint density at radius 3 is 2.63 bits per heavy atom. The maximum Gasteiger partial charge on any atom is 0.264 e. The second-order valence-electron chi connectivity index (χ2n) is 5.26. The first-order valence-corrected chi connectivity index (χ1v) is 8.11. The zero-order valence-electron chi connectivity index (χ0n) is 11.2. The lowest BCUT2D eigenvalue weighted by Crippen LogP contribution is -2.42. The van der Waals surface area contributed by atoms with Crippen molar-refractivity contribution in [2.45, 2.75) is 32.2 Å². The van der Waals surface area contributed by atoms with E-state index in [1.165, 1.54) is 0 Å². The molecule has 1 aromatic rings. The van der Waals surface area contributed by atoms with E-state index >= 15 is 0 Å². The summed E-state index contributed by atoms with van der Waals surface area (Å²) in [6.07, 6.45) is 1.18. The van der Waals surface area contributed by atoms with Gasteiger partial charge in [0, 0.05) is 10.6 Å². The van der Waals surface area contributed by atoms with E-state index in [9.17, 15) is 8.42 Å². The third-order valence-electron chi connectivity index (χ3n) is 2.72. The highest BCUT2D eigenvalue weighted by Gasteiger charge is 2.17. The first-order valence-electron chi connectivity index (χ1n) is 6.13. The van der Waals surface area contributed by atoms with Crippen molar-refractivity contribution in [3.63, 3.8) is 0 Å². The van der Waals surface area contributed by atoms with Crippen LogP contribution in [0, 0.1) is 0 Å². The van der Waals surface area contributed by atoms with E-state index in [0.717, 1.165) is 12.0 Å². The van der Waals surface area contributed by atoms with Gasteiger partial charge in [-0.2, -0.15) is 8.42 Å². The fourth-order valence-corrected chi connectivity index (χ4v) is 2.62. The number of hydrogen-bond acceptors (Lipinski definition) is 3. The van der Waals surface area contributed by atoms with Gasteiger partial charge < -0.3 is 5.32 Å². The summed E-state index contributed by atoms with van der Waals surface area (Å²) < 4.78 is 29.8. The van der Waals surface area contributed by atoms with Gasteiger partial charge in [-0.25, -0.2) is 0 Å². The van der Waals surface area contributed by atoms with Gasteiger partial charge >= 0.3 is 0 Å². The maximum atomic E-state index is 10.6. The molecule has 0 unspecified atom stereocenters. The van der Waals surface area contributed by atoms with Gasteiger partial charge in [0.05, 0.1) is 5.75 Å². The Balaban J connectivity index is 2.43. The molecule has 0 aliphatic heterocycles. The zero-order chi connectivity index (χ0) is 14.5. The highest BCUT2D eigenvalue weighted by Crippen LogP contribution is 2.16. The Bertz CT molecular complexity index is 514. The van der Waals surface area contributed by atoms with E-state index in [0.29, 0.717) is 18.0 Å². The van der Waals surface area contributed by atoms with Crippen LogP contribution in [-0.4, -0.2) is 30.8 Å². The molecule has 0 bridgehead atoms. The summed E-state index contributed by atoms with van der Waals surface area (Å²) in [5.74, 6) is -0.215. The van der Waals surface area contributed by atoms with Crippen LogP contribution in [-0.2, 0) is 16.5 Å². The molecule has 19 heavy (non-hydrogen) atoms. The summed E-state index contributed by atoms with van der Waals surface area (Å²) in [6, 6.07) is 7.67. The van der Waals surface area contributed by atoms with E-state index in [2.05, 4.69) is 5.32 Å². The minimum atomic E-state index is -3.86. The van der Waals surface area contributed by atoms with Crippen molar-refractivity contribution < 1.29 is 13.0 Å². The average Bonchev–Trinajstić information content (AvgIpc) is 2.22. The zero-order valence-corrected chi connectivity index (χ0v) is 12.8. The molecule has 0 saturated carbocycles.